The number of nitrogens with zero attached hydrogens (tertiary/aromatic N) is 1. The van der Waals surface area contributed by atoms with E-state index in [0.29, 0.717) is 12.0 Å². The summed E-state index contributed by atoms with van der Waals surface area (Å²) in [4.78, 5) is 35.4. The first-order chi connectivity index (χ1) is 10.1. The summed E-state index contributed by atoms with van der Waals surface area (Å²) in [7, 11) is 0. The van der Waals surface area contributed by atoms with Gasteiger partial charge in [0.2, 0.25) is 5.91 Å². The van der Waals surface area contributed by atoms with Crippen LogP contribution in [0, 0.1) is 0 Å². The van der Waals surface area contributed by atoms with E-state index >= 15 is 0 Å². The molecular formula is C14H10NNaO5S. The van der Waals surface area contributed by atoms with Crippen molar-refractivity contribution in [1.82, 2.24) is 4.90 Å². The summed E-state index contributed by atoms with van der Waals surface area (Å²) >= 11 is 1.43. The average Bonchev–Trinajstić information content (AvgIpc) is 2.82. The van der Waals surface area contributed by atoms with Crippen molar-refractivity contribution >= 4 is 29.6 Å². The predicted octanol–water partition coefficient (Wildman–Crippen LogP) is -2.76. The largest absolute Gasteiger partial charge is 1.00 e. The monoisotopic (exact) mass is 327 g/mol. The Morgan fingerprint density at radius 1 is 1.32 bits per heavy atom. The summed E-state index contributed by atoms with van der Waals surface area (Å²) in [6.45, 7) is 0.0147. The van der Waals surface area contributed by atoms with E-state index in [1.807, 2.05) is 0 Å². The summed E-state index contributed by atoms with van der Waals surface area (Å²) in [5, 5.41) is 12.3. The van der Waals surface area contributed by atoms with Gasteiger partial charge < -0.3 is 14.6 Å². The zero-order valence-electron chi connectivity index (χ0n) is 11.8. The predicted molar refractivity (Wildman–Crippen MR) is 71.5 cm³/mol. The molecule has 0 saturated carbocycles. The fourth-order valence-electron chi connectivity index (χ4n) is 2.09. The molecule has 1 aromatic carbocycles. The number of thioether (sulfide) groups is 1. The number of hydrogen-bond donors (Lipinski definition) is 0. The number of carbonyl (C=O) groups excluding carboxylic acids is 3. The quantitative estimate of drug-likeness (QED) is 0.338. The van der Waals surface area contributed by atoms with Gasteiger partial charge in [-0.15, -0.1) is 11.8 Å². The van der Waals surface area contributed by atoms with Gasteiger partial charge in [0.15, 0.2) is 0 Å². The van der Waals surface area contributed by atoms with Gasteiger partial charge in [0, 0.05) is 5.41 Å². The molecule has 1 atom stereocenters. The molecule has 108 valence electrons. The molecule has 3 rings (SSSR count). The van der Waals surface area contributed by atoms with E-state index in [4.69, 9.17) is 4.74 Å². The van der Waals surface area contributed by atoms with Crippen molar-refractivity contribution < 1.29 is 53.8 Å². The maximum absolute atomic E-state index is 11.9. The normalized spacial score (nSPS) is 18.7. The van der Waals surface area contributed by atoms with E-state index in [-0.39, 0.29) is 58.7 Å². The Labute approximate surface area is 152 Å². The fraction of sp³-hybridized carbons (Fsp3) is 0.214. The summed E-state index contributed by atoms with van der Waals surface area (Å²) in [6.07, 6.45) is 0.447. The molecule has 0 spiro atoms. The van der Waals surface area contributed by atoms with E-state index in [1.54, 1.807) is 17.5 Å². The summed E-state index contributed by atoms with van der Waals surface area (Å²) in [6, 6.07) is 5.87. The minimum atomic E-state index is -1.26. The molecule has 2 aliphatic heterocycles. The van der Waals surface area contributed by atoms with Crippen LogP contribution in [0.1, 0.15) is 22.3 Å². The Hall–Kier alpha value is -1.28. The third-order valence-electron chi connectivity index (χ3n) is 3.27. The second-order valence-electron chi connectivity index (χ2n) is 4.62. The molecule has 6 nitrogen and oxygen atoms in total. The van der Waals surface area contributed by atoms with E-state index in [2.05, 4.69) is 0 Å². The third-order valence-corrected chi connectivity index (χ3v) is 4.32. The number of hydrogen-bond acceptors (Lipinski definition) is 6. The van der Waals surface area contributed by atoms with Crippen LogP contribution >= 0.6 is 11.8 Å². The number of β-lactam (4-membered cyclic amide) rings is 1. The molecule has 0 aromatic heterocycles. The number of amides is 1. The molecule has 0 unspecified atom stereocenters. The molecule has 0 aliphatic carbocycles. The molecule has 1 fully saturated rings. The topological polar surface area (TPSA) is 86.7 Å². The summed E-state index contributed by atoms with van der Waals surface area (Å²) < 4.78 is 5.14. The van der Waals surface area contributed by atoms with E-state index in [9.17, 15) is 19.5 Å². The third kappa shape index (κ3) is 3.22. The van der Waals surface area contributed by atoms with Gasteiger partial charge in [-0.05, 0) is 11.1 Å². The van der Waals surface area contributed by atoms with Gasteiger partial charge in [0.25, 0.3) is 0 Å². The fourth-order valence-corrected chi connectivity index (χ4v) is 3.18. The van der Waals surface area contributed by atoms with Gasteiger partial charge in [0.1, 0.15) is 12.3 Å². The van der Waals surface area contributed by atoms with Crippen LogP contribution in [0.15, 0.2) is 35.4 Å². The van der Waals surface area contributed by atoms with Crippen LogP contribution in [-0.4, -0.2) is 28.1 Å². The first-order valence-electron chi connectivity index (χ1n) is 6.21. The Kier molecular flexibility index (Phi) is 5.33. The zero-order chi connectivity index (χ0) is 15.0. The van der Waals surface area contributed by atoms with Gasteiger partial charge in [-0.25, -0.2) is 4.79 Å². The van der Waals surface area contributed by atoms with Crippen LogP contribution < -0.4 is 34.7 Å². The maximum Gasteiger partial charge on any atom is 1.00 e. The molecule has 8 heteroatoms. The van der Waals surface area contributed by atoms with Crippen molar-refractivity contribution in [2.45, 2.75) is 18.4 Å². The van der Waals surface area contributed by atoms with E-state index < -0.39 is 11.9 Å². The molecule has 1 aromatic rings. The molecule has 0 N–H and O–H groups in total. The molecule has 2 aliphatic rings. The van der Waals surface area contributed by atoms with E-state index in [1.165, 1.54) is 28.8 Å². The van der Waals surface area contributed by atoms with Crippen LogP contribution in [0.3, 0.4) is 0 Å². The second-order valence-corrected chi connectivity index (χ2v) is 5.67. The molecule has 0 bridgehead atoms. The van der Waals surface area contributed by atoms with Gasteiger partial charge in [-0.3, -0.25) is 9.69 Å². The number of carboxylic acid groups (broad SMARTS) is 1. The second kappa shape index (κ2) is 6.87. The van der Waals surface area contributed by atoms with Crippen LogP contribution in [0.4, 0.5) is 0 Å². The number of fused-ring (bicyclic) bond motifs is 1. The van der Waals surface area contributed by atoms with Crippen LogP contribution in [0.25, 0.3) is 0 Å². The maximum atomic E-state index is 11.9. The number of carboxylic acids is 1. The molecule has 0 radical (unpaired) electrons. The Bertz CT molecular complexity index is 658. The van der Waals surface area contributed by atoms with Gasteiger partial charge >= 0.3 is 35.5 Å². The SMILES string of the molecule is O=C(OCc1ccc(C(=O)[O-])cc1)C1=CS[C@@H]2CC(=O)N12.[Na+]. The standard InChI is InChI=1S/C14H11NO5S.Na/c16-11-5-12-15(11)10(7-21-12)14(19)20-6-8-1-3-9(4-2-8)13(17)18;/h1-4,7,12H,5-6H2,(H,17,18);/q;+1/p-1/t12-;/m1./s1. The number of carbonyl (C=O) groups is 3. The van der Waals surface area contributed by atoms with Crippen molar-refractivity contribution in [3.05, 3.63) is 46.5 Å². The molecule has 22 heavy (non-hydrogen) atoms. The number of ether oxygens (including phenoxy) is 1. The zero-order valence-corrected chi connectivity index (χ0v) is 14.6. The van der Waals surface area contributed by atoms with Crippen LogP contribution in [0.5, 0.6) is 0 Å². The number of benzene rings is 1. The van der Waals surface area contributed by atoms with Crippen molar-refractivity contribution in [3.63, 3.8) is 0 Å². The number of aromatic carboxylic acids is 1. The van der Waals surface area contributed by atoms with Crippen molar-refractivity contribution in [1.29, 1.82) is 0 Å². The first kappa shape index (κ1) is 17.1. The van der Waals surface area contributed by atoms with Gasteiger partial charge in [-0.2, -0.15) is 0 Å². The van der Waals surface area contributed by atoms with Gasteiger partial charge in [-0.1, -0.05) is 24.3 Å². The molecule has 2 heterocycles. The minimum absolute atomic E-state index is 0. The van der Waals surface area contributed by atoms with Crippen molar-refractivity contribution in [2.75, 3.05) is 0 Å². The van der Waals surface area contributed by atoms with Crippen LogP contribution in [-0.2, 0) is 20.9 Å². The van der Waals surface area contributed by atoms with E-state index in [0.717, 1.165) is 0 Å². The number of esters is 1. The van der Waals surface area contributed by atoms with Crippen molar-refractivity contribution in [3.8, 4) is 0 Å². The molecule has 1 amide bonds. The first-order valence-corrected chi connectivity index (χ1v) is 7.15. The van der Waals surface area contributed by atoms with Gasteiger partial charge in [0.05, 0.1) is 17.8 Å². The summed E-state index contributed by atoms with van der Waals surface area (Å²) in [5.74, 6) is -1.89. The molecular weight excluding hydrogens is 317 g/mol. The molecule has 1 saturated heterocycles. The Morgan fingerprint density at radius 2 is 2.00 bits per heavy atom. The van der Waals surface area contributed by atoms with Crippen LogP contribution in [0.2, 0.25) is 0 Å². The average molecular weight is 327 g/mol. The Balaban J connectivity index is 0.00000176. The Morgan fingerprint density at radius 3 is 2.59 bits per heavy atom. The minimum Gasteiger partial charge on any atom is -0.545 e. The van der Waals surface area contributed by atoms with Crippen molar-refractivity contribution in [2.24, 2.45) is 0 Å². The summed E-state index contributed by atoms with van der Waals surface area (Å²) in [5.41, 5.74) is 0.993. The number of rotatable bonds is 4. The smallest absolute Gasteiger partial charge is 0.545 e.